The molecule has 0 aromatic heterocycles. The first-order chi connectivity index (χ1) is 16.4. The Hall–Kier alpha value is -2.19. The molecule has 2 fully saturated rings. The summed E-state index contributed by atoms with van der Waals surface area (Å²) in [5.74, 6) is 1.08. The predicted molar refractivity (Wildman–Crippen MR) is 135 cm³/mol. The van der Waals surface area contributed by atoms with E-state index in [0.29, 0.717) is 41.0 Å². The quantitative estimate of drug-likeness (QED) is 0.596. The van der Waals surface area contributed by atoms with Crippen LogP contribution >= 0.6 is 11.6 Å². The molecule has 0 bridgehead atoms. The molecular formula is C25H38ClN5O3. The number of amides is 3. The SMILES string of the molecule is CCN(CC)C(=O)N1CCC(CN2CCC(NC(=O)c3cc(Cl)c(N)c4c3OCC4)CC2)CC1. The van der Waals surface area contributed by atoms with Crippen molar-refractivity contribution < 1.29 is 14.3 Å². The third-order valence-electron chi connectivity index (χ3n) is 7.57. The van der Waals surface area contributed by atoms with E-state index in [9.17, 15) is 9.59 Å². The van der Waals surface area contributed by atoms with Gasteiger partial charge in [-0.1, -0.05) is 11.6 Å². The van der Waals surface area contributed by atoms with Crippen molar-refractivity contribution >= 4 is 29.2 Å². The third-order valence-corrected chi connectivity index (χ3v) is 7.89. The molecule has 0 unspecified atom stereocenters. The highest BCUT2D eigenvalue weighted by Crippen LogP contribution is 2.38. The number of anilines is 1. The first-order valence-electron chi connectivity index (χ1n) is 12.7. The zero-order chi connectivity index (χ0) is 24.2. The zero-order valence-electron chi connectivity index (χ0n) is 20.4. The van der Waals surface area contributed by atoms with Gasteiger partial charge in [-0.05, 0) is 51.5 Å². The fourth-order valence-electron chi connectivity index (χ4n) is 5.43. The Kier molecular flexibility index (Phi) is 8.09. The highest BCUT2D eigenvalue weighted by molar-refractivity contribution is 6.33. The predicted octanol–water partition coefficient (Wildman–Crippen LogP) is 3.23. The van der Waals surface area contributed by atoms with Gasteiger partial charge in [-0.15, -0.1) is 0 Å². The Morgan fingerprint density at radius 2 is 1.82 bits per heavy atom. The number of rotatable bonds is 6. The van der Waals surface area contributed by atoms with E-state index in [2.05, 4.69) is 10.2 Å². The summed E-state index contributed by atoms with van der Waals surface area (Å²) in [6.07, 6.45) is 4.66. The maximum Gasteiger partial charge on any atom is 0.319 e. The van der Waals surface area contributed by atoms with E-state index in [1.54, 1.807) is 6.07 Å². The molecule has 0 atom stereocenters. The lowest BCUT2D eigenvalue weighted by molar-refractivity contribution is 0.0885. The number of fused-ring (bicyclic) bond motifs is 1. The topological polar surface area (TPSA) is 91.1 Å². The number of urea groups is 1. The fourth-order valence-corrected chi connectivity index (χ4v) is 5.65. The van der Waals surface area contributed by atoms with E-state index >= 15 is 0 Å². The molecule has 3 aliphatic heterocycles. The molecule has 3 aliphatic rings. The minimum atomic E-state index is -0.135. The van der Waals surface area contributed by atoms with Gasteiger partial charge in [-0.3, -0.25) is 4.79 Å². The van der Waals surface area contributed by atoms with Gasteiger partial charge in [-0.2, -0.15) is 0 Å². The largest absolute Gasteiger partial charge is 0.492 e. The number of nitrogens with two attached hydrogens (primary N) is 1. The van der Waals surface area contributed by atoms with Crippen molar-refractivity contribution in [2.45, 2.75) is 52.0 Å². The monoisotopic (exact) mass is 491 g/mol. The Balaban J connectivity index is 1.22. The molecule has 1 aromatic rings. The molecule has 0 aliphatic carbocycles. The van der Waals surface area contributed by atoms with Gasteiger partial charge < -0.3 is 30.5 Å². The lowest BCUT2D eigenvalue weighted by atomic mass is 9.94. The van der Waals surface area contributed by atoms with Crippen LogP contribution in [-0.2, 0) is 6.42 Å². The van der Waals surface area contributed by atoms with Crippen LogP contribution in [0.2, 0.25) is 5.02 Å². The molecule has 188 valence electrons. The second-order valence-corrected chi connectivity index (χ2v) is 10.1. The molecule has 0 saturated carbocycles. The number of piperidine rings is 2. The normalized spacial score (nSPS) is 19.6. The van der Waals surface area contributed by atoms with Gasteiger partial charge in [0.25, 0.3) is 5.91 Å². The molecule has 3 amide bonds. The number of benzene rings is 1. The van der Waals surface area contributed by atoms with E-state index in [-0.39, 0.29) is 18.0 Å². The van der Waals surface area contributed by atoms with Crippen molar-refractivity contribution in [1.29, 1.82) is 0 Å². The summed E-state index contributed by atoms with van der Waals surface area (Å²) in [5.41, 5.74) is 7.90. The van der Waals surface area contributed by atoms with Gasteiger partial charge in [0.1, 0.15) is 5.75 Å². The number of nitrogens with one attached hydrogen (secondary N) is 1. The molecule has 3 heterocycles. The van der Waals surface area contributed by atoms with Crippen LogP contribution in [-0.4, -0.2) is 85.1 Å². The number of likely N-dealkylation sites (tertiary alicyclic amines) is 2. The summed E-state index contributed by atoms with van der Waals surface area (Å²) in [6.45, 7) is 10.8. The molecule has 9 heteroatoms. The summed E-state index contributed by atoms with van der Waals surface area (Å²) in [5, 5.41) is 3.59. The highest BCUT2D eigenvalue weighted by Gasteiger charge is 2.30. The van der Waals surface area contributed by atoms with Gasteiger partial charge in [0, 0.05) is 63.8 Å². The molecular weight excluding hydrogens is 454 g/mol. The summed E-state index contributed by atoms with van der Waals surface area (Å²) >= 11 is 6.26. The Morgan fingerprint density at radius 3 is 2.47 bits per heavy atom. The van der Waals surface area contributed by atoms with Crippen LogP contribution < -0.4 is 15.8 Å². The van der Waals surface area contributed by atoms with Crippen molar-refractivity contribution in [3.63, 3.8) is 0 Å². The number of carbonyl (C=O) groups is 2. The smallest absolute Gasteiger partial charge is 0.319 e. The average molecular weight is 492 g/mol. The van der Waals surface area contributed by atoms with Crippen LogP contribution in [0.3, 0.4) is 0 Å². The number of nitrogens with zero attached hydrogens (tertiary/aromatic N) is 3. The van der Waals surface area contributed by atoms with Gasteiger partial charge in [-0.25, -0.2) is 4.79 Å². The van der Waals surface area contributed by atoms with Crippen LogP contribution in [0.5, 0.6) is 5.75 Å². The minimum absolute atomic E-state index is 0.135. The van der Waals surface area contributed by atoms with Crippen LogP contribution in [0.4, 0.5) is 10.5 Å². The summed E-state index contributed by atoms with van der Waals surface area (Å²) in [7, 11) is 0. The Morgan fingerprint density at radius 1 is 1.15 bits per heavy atom. The van der Waals surface area contributed by atoms with E-state index in [4.69, 9.17) is 22.1 Å². The molecule has 34 heavy (non-hydrogen) atoms. The van der Waals surface area contributed by atoms with Crippen molar-refractivity contribution in [3.05, 3.63) is 22.2 Å². The molecule has 8 nitrogen and oxygen atoms in total. The number of hydrogen-bond acceptors (Lipinski definition) is 5. The van der Waals surface area contributed by atoms with Gasteiger partial charge in [0.05, 0.1) is 22.9 Å². The number of ether oxygens (including phenoxy) is 1. The number of nitrogen functional groups attached to an aromatic ring is 1. The van der Waals surface area contributed by atoms with Crippen molar-refractivity contribution in [3.8, 4) is 5.75 Å². The standard InChI is InChI=1S/C25H38ClN5O3/c1-3-30(4-2)25(33)31-12-5-17(6-13-31)16-29-10-7-18(8-11-29)28-24(32)20-15-21(26)22(27)19-9-14-34-23(19)20/h15,17-18H,3-14,16,27H2,1-2H3,(H,28,32). The molecule has 4 rings (SSSR count). The van der Waals surface area contributed by atoms with Crippen LogP contribution in [0.1, 0.15) is 55.5 Å². The lowest BCUT2D eigenvalue weighted by Gasteiger charge is -2.39. The average Bonchev–Trinajstić information content (AvgIpc) is 3.34. The molecule has 1 aromatic carbocycles. The first-order valence-corrected chi connectivity index (χ1v) is 13.1. The van der Waals surface area contributed by atoms with Crippen molar-refractivity contribution in [1.82, 2.24) is 20.0 Å². The second kappa shape index (κ2) is 11.0. The summed E-state index contributed by atoms with van der Waals surface area (Å²) < 4.78 is 5.69. The highest BCUT2D eigenvalue weighted by atomic mass is 35.5. The van der Waals surface area contributed by atoms with E-state index in [1.165, 1.54) is 0 Å². The summed E-state index contributed by atoms with van der Waals surface area (Å²) in [6, 6.07) is 1.95. The van der Waals surface area contributed by atoms with E-state index < -0.39 is 0 Å². The van der Waals surface area contributed by atoms with Gasteiger partial charge in [0.2, 0.25) is 0 Å². The number of halogens is 1. The summed E-state index contributed by atoms with van der Waals surface area (Å²) in [4.78, 5) is 32.0. The Bertz CT molecular complexity index is 891. The molecule has 0 spiro atoms. The van der Waals surface area contributed by atoms with Crippen LogP contribution in [0.25, 0.3) is 0 Å². The number of hydrogen-bond donors (Lipinski definition) is 2. The second-order valence-electron chi connectivity index (χ2n) is 9.66. The Labute approximate surface area is 207 Å². The van der Waals surface area contributed by atoms with Gasteiger partial charge in [0.15, 0.2) is 0 Å². The molecule has 3 N–H and O–H groups in total. The van der Waals surface area contributed by atoms with Crippen LogP contribution in [0, 0.1) is 5.92 Å². The number of carbonyl (C=O) groups excluding carboxylic acids is 2. The van der Waals surface area contributed by atoms with E-state index in [0.717, 1.165) is 77.1 Å². The zero-order valence-corrected chi connectivity index (χ0v) is 21.2. The van der Waals surface area contributed by atoms with Gasteiger partial charge >= 0.3 is 6.03 Å². The first kappa shape index (κ1) is 24.9. The minimum Gasteiger partial charge on any atom is -0.492 e. The lowest BCUT2D eigenvalue weighted by Crippen LogP contribution is -2.49. The molecule has 0 radical (unpaired) electrons. The maximum atomic E-state index is 13.0. The van der Waals surface area contributed by atoms with Crippen molar-refractivity contribution in [2.75, 3.05) is 58.2 Å². The third kappa shape index (κ3) is 5.38. The molecule has 2 saturated heterocycles. The van der Waals surface area contributed by atoms with E-state index in [1.807, 2.05) is 23.6 Å². The van der Waals surface area contributed by atoms with Crippen LogP contribution in [0.15, 0.2) is 6.07 Å². The fraction of sp³-hybridized carbons (Fsp3) is 0.680. The van der Waals surface area contributed by atoms with Crippen molar-refractivity contribution in [2.24, 2.45) is 5.92 Å². The maximum absolute atomic E-state index is 13.0.